The summed E-state index contributed by atoms with van der Waals surface area (Å²) in [5.41, 5.74) is 0. The first kappa shape index (κ1) is 15.3. The molecule has 0 fully saturated rings. The van der Waals surface area contributed by atoms with Crippen LogP contribution in [0, 0.1) is 11.5 Å². The highest BCUT2D eigenvalue weighted by molar-refractivity contribution is 8.13. The maximum atomic E-state index is 8.44. The molecule has 0 saturated carbocycles. The monoisotopic (exact) mass is 242 g/mol. The van der Waals surface area contributed by atoms with E-state index in [4.69, 9.17) is 5.26 Å². The lowest BCUT2D eigenvalue weighted by Crippen LogP contribution is -2.27. The largest absolute Gasteiger partial charge is 0.304 e. The lowest BCUT2D eigenvalue weighted by molar-refractivity contribution is 0.269. The van der Waals surface area contributed by atoms with Crippen LogP contribution in [-0.2, 0) is 0 Å². The fourth-order valence-electron chi connectivity index (χ4n) is 1.11. The fourth-order valence-corrected chi connectivity index (χ4v) is 1.48. The third kappa shape index (κ3) is 7.55. The predicted molar refractivity (Wildman–Crippen MR) is 71.6 cm³/mol. The van der Waals surface area contributed by atoms with Gasteiger partial charge in [-0.2, -0.15) is 5.26 Å². The number of rotatable bonds is 6. The number of amidine groups is 1. The number of hydrogen-bond acceptors (Lipinski definition) is 4. The van der Waals surface area contributed by atoms with E-state index in [0.717, 1.165) is 25.9 Å². The minimum atomic E-state index is 0.602. The average molecular weight is 242 g/mol. The van der Waals surface area contributed by atoms with E-state index >= 15 is 0 Å². The van der Waals surface area contributed by atoms with Gasteiger partial charge in [0, 0.05) is 12.6 Å². The van der Waals surface area contributed by atoms with Gasteiger partial charge in [0.15, 0.2) is 11.4 Å². The van der Waals surface area contributed by atoms with E-state index in [-0.39, 0.29) is 0 Å². The van der Waals surface area contributed by atoms with Gasteiger partial charge in [0.2, 0.25) is 0 Å². The SMILES string of the molecule is CSC(=NCCCCN(C)C(C)C)NC#N. The van der Waals surface area contributed by atoms with Crippen LogP contribution in [0.3, 0.4) is 0 Å². The summed E-state index contributed by atoms with van der Waals surface area (Å²) in [7, 11) is 2.14. The summed E-state index contributed by atoms with van der Waals surface area (Å²) in [5, 5.41) is 11.7. The molecule has 16 heavy (non-hydrogen) atoms. The summed E-state index contributed by atoms with van der Waals surface area (Å²) in [5.74, 6) is 0. The second-order valence-electron chi connectivity index (χ2n) is 3.91. The van der Waals surface area contributed by atoms with Crippen LogP contribution in [0.25, 0.3) is 0 Å². The Labute approximate surface area is 103 Å². The van der Waals surface area contributed by atoms with Gasteiger partial charge in [-0.3, -0.25) is 10.3 Å². The molecule has 5 heteroatoms. The van der Waals surface area contributed by atoms with Crippen molar-refractivity contribution in [3.63, 3.8) is 0 Å². The number of unbranched alkanes of at least 4 members (excludes halogenated alkanes) is 1. The highest BCUT2D eigenvalue weighted by atomic mass is 32.2. The smallest absolute Gasteiger partial charge is 0.183 e. The van der Waals surface area contributed by atoms with Gasteiger partial charge in [-0.15, -0.1) is 0 Å². The Morgan fingerprint density at radius 1 is 1.50 bits per heavy atom. The lowest BCUT2D eigenvalue weighted by Gasteiger charge is -2.20. The van der Waals surface area contributed by atoms with Gasteiger partial charge in [-0.05, 0) is 46.5 Å². The van der Waals surface area contributed by atoms with Crippen LogP contribution in [-0.4, -0.2) is 42.5 Å². The number of nitrogens with one attached hydrogen (secondary N) is 1. The maximum absolute atomic E-state index is 8.44. The molecule has 0 saturated heterocycles. The summed E-state index contributed by atoms with van der Waals surface area (Å²) in [6.45, 7) is 6.28. The summed E-state index contributed by atoms with van der Waals surface area (Å²) < 4.78 is 0. The first-order valence-electron chi connectivity index (χ1n) is 5.55. The van der Waals surface area contributed by atoms with E-state index in [1.54, 1.807) is 0 Å². The Bertz CT molecular complexity index is 245. The first-order chi connectivity index (χ1) is 7.61. The Balaban J connectivity index is 3.63. The van der Waals surface area contributed by atoms with Crippen molar-refractivity contribution in [1.82, 2.24) is 10.2 Å². The second kappa shape index (κ2) is 9.49. The van der Waals surface area contributed by atoms with Crippen molar-refractivity contribution in [1.29, 1.82) is 5.26 Å². The van der Waals surface area contributed by atoms with E-state index in [1.165, 1.54) is 11.8 Å². The maximum Gasteiger partial charge on any atom is 0.183 e. The van der Waals surface area contributed by atoms with Crippen LogP contribution >= 0.6 is 11.8 Å². The van der Waals surface area contributed by atoms with Crippen molar-refractivity contribution in [3.8, 4) is 6.19 Å². The number of hydrogen-bond donors (Lipinski definition) is 1. The van der Waals surface area contributed by atoms with Crippen LogP contribution < -0.4 is 5.32 Å². The number of nitrogens with zero attached hydrogens (tertiary/aromatic N) is 3. The van der Waals surface area contributed by atoms with E-state index < -0.39 is 0 Å². The van der Waals surface area contributed by atoms with E-state index in [9.17, 15) is 0 Å². The molecule has 0 spiro atoms. The van der Waals surface area contributed by atoms with Gasteiger partial charge in [0.05, 0.1) is 0 Å². The van der Waals surface area contributed by atoms with Crippen molar-refractivity contribution in [3.05, 3.63) is 0 Å². The fraction of sp³-hybridized carbons (Fsp3) is 0.818. The summed E-state index contributed by atoms with van der Waals surface area (Å²) in [4.78, 5) is 6.63. The topological polar surface area (TPSA) is 51.4 Å². The molecule has 0 bridgehead atoms. The average Bonchev–Trinajstić information content (AvgIpc) is 2.26. The molecular weight excluding hydrogens is 220 g/mol. The van der Waals surface area contributed by atoms with Gasteiger partial charge in [0.1, 0.15) is 0 Å². The van der Waals surface area contributed by atoms with Crippen molar-refractivity contribution in [2.24, 2.45) is 4.99 Å². The molecule has 0 aromatic rings. The van der Waals surface area contributed by atoms with Crippen LogP contribution in [0.5, 0.6) is 0 Å². The summed E-state index contributed by atoms with van der Waals surface area (Å²) in [6, 6.07) is 0.602. The molecule has 0 aliphatic carbocycles. The summed E-state index contributed by atoms with van der Waals surface area (Å²) in [6.07, 6.45) is 6.00. The first-order valence-corrected chi connectivity index (χ1v) is 6.78. The van der Waals surface area contributed by atoms with Crippen molar-refractivity contribution in [2.45, 2.75) is 32.7 Å². The minimum absolute atomic E-state index is 0.602. The second-order valence-corrected chi connectivity index (χ2v) is 4.70. The lowest BCUT2D eigenvalue weighted by atomic mass is 10.2. The molecule has 0 aromatic carbocycles. The van der Waals surface area contributed by atoms with E-state index in [0.29, 0.717) is 11.2 Å². The quantitative estimate of drug-likeness (QED) is 0.254. The number of nitriles is 1. The molecular formula is C11H22N4S. The molecule has 0 radical (unpaired) electrons. The standard InChI is InChI=1S/C11H22N4S/c1-10(2)15(3)8-6-5-7-13-11(16-4)14-9-12/h10H,5-8H2,1-4H3,(H,13,14). The highest BCUT2D eigenvalue weighted by Crippen LogP contribution is 2.00. The Kier molecular flexibility index (Phi) is 9.06. The summed E-state index contributed by atoms with van der Waals surface area (Å²) >= 11 is 1.47. The van der Waals surface area contributed by atoms with E-state index in [1.807, 2.05) is 12.4 Å². The van der Waals surface area contributed by atoms with Gasteiger partial charge >= 0.3 is 0 Å². The van der Waals surface area contributed by atoms with Gasteiger partial charge in [-0.25, -0.2) is 0 Å². The molecule has 0 unspecified atom stereocenters. The molecule has 92 valence electrons. The van der Waals surface area contributed by atoms with Gasteiger partial charge < -0.3 is 4.90 Å². The highest BCUT2D eigenvalue weighted by Gasteiger charge is 2.01. The molecule has 0 heterocycles. The number of aliphatic imine (C=N–C) groups is 1. The molecule has 4 nitrogen and oxygen atoms in total. The predicted octanol–water partition coefficient (Wildman–Crippen LogP) is 1.90. The molecule has 0 aliphatic heterocycles. The van der Waals surface area contributed by atoms with Crippen molar-refractivity contribution < 1.29 is 0 Å². The Hall–Kier alpha value is -0.730. The molecule has 0 rings (SSSR count). The Morgan fingerprint density at radius 2 is 2.19 bits per heavy atom. The molecule has 0 aromatic heterocycles. The Morgan fingerprint density at radius 3 is 2.69 bits per heavy atom. The zero-order valence-corrected chi connectivity index (χ0v) is 11.5. The van der Waals surface area contributed by atoms with Crippen LogP contribution in [0.1, 0.15) is 26.7 Å². The van der Waals surface area contributed by atoms with E-state index in [2.05, 4.69) is 36.1 Å². The van der Waals surface area contributed by atoms with Crippen molar-refractivity contribution >= 4 is 16.9 Å². The normalized spacial score (nSPS) is 11.9. The van der Waals surface area contributed by atoms with Gasteiger partial charge in [0.25, 0.3) is 0 Å². The van der Waals surface area contributed by atoms with Crippen LogP contribution in [0.15, 0.2) is 4.99 Å². The van der Waals surface area contributed by atoms with Crippen molar-refractivity contribution in [2.75, 3.05) is 26.4 Å². The molecule has 0 amide bonds. The van der Waals surface area contributed by atoms with Gasteiger partial charge in [-0.1, -0.05) is 11.8 Å². The van der Waals surface area contributed by atoms with Crippen LogP contribution in [0.4, 0.5) is 0 Å². The minimum Gasteiger partial charge on any atom is -0.304 e. The number of thioether (sulfide) groups is 1. The zero-order chi connectivity index (χ0) is 12.4. The third-order valence-electron chi connectivity index (χ3n) is 2.41. The molecule has 0 atom stereocenters. The molecule has 0 aliphatic rings. The van der Waals surface area contributed by atoms with Crippen LogP contribution in [0.2, 0.25) is 0 Å². The third-order valence-corrected chi connectivity index (χ3v) is 3.03. The zero-order valence-electron chi connectivity index (χ0n) is 10.7. The molecule has 1 N–H and O–H groups in total.